The van der Waals surface area contributed by atoms with Gasteiger partial charge in [-0.2, -0.15) is 0 Å². The molecule has 1 rings (SSSR count). The van der Waals surface area contributed by atoms with Crippen LogP contribution in [0.1, 0.15) is 32.4 Å². The average Bonchev–Trinajstić information content (AvgIpc) is 2.37. The van der Waals surface area contributed by atoms with Crippen LogP contribution in [0.5, 0.6) is 0 Å². The Labute approximate surface area is 104 Å². The summed E-state index contributed by atoms with van der Waals surface area (Å²) in [5, 5.41) is 0. The molecule has 1 heterocycles. The maximum Gasteiger partial charge on any atom is 0.127 e. The lowest BCUT2D eigenvalue weighted by molar-refractivity contribution is -0.117. The molecule has 3 nitrogen and oxygen atoms in total. The molecule has 0 radical (unpaired) electrons. The molecular weight excluding hydrogens is 212 g/mol. The van der Waals surface area contributed by atoms with Crippen LogP contribution in [0.25, 0.3) is 0 Å². The number of hydrogen-bond donors (Lipinski definition) is 0. The SMILES string of the molecule is CCC(C=O)(CC)CN(C)Cc1ccccn1. The third-order valence-corrected chi connectivity index (χ3v) is 3.40. The van der Waals surface area contributed by atoms with E-state index in [2.05, 4.69) is 23.7 Å². The van der Waals surface area contributed by atoms with Gasteiger partial charge in [-0.05, 0) is 32.0 Å². The molecule has 1 aromatic heterocycles. The number of carbonyl (C=O) groups is 1. The Morgan fingerprint density at radius 2 is 2.06 bits per heavy atom. The van der Waals surface area contributed by atoms with Gasteiger partial charge >= 0.3 is 0 Å². The molecule has 0 aromatic carbocycles. The first-order valence-electron chi connectivity index (χ1n) is 6.20. The van der Waals surface area contributed by atoms with Crippen LogP contribution in [0.4, 0.5) is 0 Å². The Morgan fingerprint density at radius 3 is 2.53 bits per heavy atom. The second kappa shape index (κ2) is 6.50. The Morgan fingerprint density at radius 1 is 1.35 bits per heavy atom. The van der Waals surface area contributed by atoms with Crippen LogP contribution in [0, 0.1) is 5.41 Å². The highest BCUT2D eigenvalue weighted by atomic mass is 16.1. The van der Waals surface area contributed by atoms with Crippen molar-refractivity contribution >= 4 is 6.29 Å². The minimum Gasteiger partial charge on any atom is -0.303 e. The fourth-order valence-corrected chi connectivity index (χ4v) is 2.04. The normalized spacial score (nSPS) is 11.8. The highest BCUT2D eigenvalue weighted by Gasteiger charge is 2.27. The van der Waals surface area contributed by atoms with E-state index in [9.17, 15) is 4.79 Å². The highest BCUT2D eigenvalue weighted by Crippen LogP contribution is 2.24. The maximum absolute atomic E-state index is 11.2. The van der Waals surface area contributed by atoms with Gasteiger partial charge in [-0.15, -0.1) is 0 Å². The molecule has 0 N–H and O–H groups in total. The van der Waals surface area contributed by atoms with Crippen molar-refractivity contribution in [1.29, 1.82) is 0 Å². The van der Waals surface area contributed by atoms with Crippen LogP contribution in [0.2, 0.25) is 0 Å². The zero-order chi connectivity index (χ0) is 12.7. The van der Waals surface area contributed by atoms with Gasteiger partial charge in [-0.3, -0.25) is 9.88 Å². The van der Waals surface area contributed by atoms with E-state index < -0.39 is 0 Å². The monoisotopic (exact) mass is 234 g/mol. The molecule has 0 aliphatic heterocycles. The predicted molar refractivity (Wildman–Crippen MR) is 69.7 cm³/mol. The van der Waals surface area contributed by atoms with E-state index in [1.807, 2.05) is 25.2 Å². The van der Waals surface area contributed by atoms with Crippen molar-refractivity contribution in [2.24, 2.45) is 5.41 Å². The van der Waals surface area contributed by atoms with Gasteiger partial charge in [0, 0.05) is 24.7 Å². The largest absolute Gasteiger partial charge is 0.303 e. The van der Waals surface area contributed by atoms with Crippen molar-refractivity contribution in [1.82, 2.24) is 9.88 Å². The molecular formula is C14H22N2O. The molecule has 0 aliphatic rings. The van der Waals surface area contributed by atoms with Crippen molar-refractivity contribution in [2.75, 3.05) is 13.6 Å². The van der Waals surface area contributed by atoms with Gasteiger partial charge in [0.1, 0.15) is 6.29 Å². The number of carbonyl (C=O) groups excluding carboxylic acids is 1. The molecule has 0 atom stereocenters. The third-order valence-electron chi connectivity index (χ3n) is 3.40. The molecule has 17 heavy (non-hydrogen) atoms. The summed E-state index contributed by atoms with van der Waals surface area (Å²) in [4.78, 5) is 17.7. The second-order valence-corrected chi connectivity index (χ2v) is 4.68. The van der Waals surface area contributed by atoms with E-state index >= 15 is 0 Å². The van der Waals surface area contributed by atoms with E-state index in [1.54, 1.807) is 6.20 Å². The first-order valence-corrected chi connectivity index (χ1v) is 6.20. The second-order valence-electron chi connectivity index (χ2n) is 4.68. The predicted octanol–water partition coefficient (Wildman–Crippen LogP) is 2.52. The molecule has 0 amide bonds. The Bertz CT molecular complexity index is 333. The van der Waals surface area contributed by atoms with Crippen LogP contribution in [0.15, 0.2) is 24.4 Å². The number of hydrogen-bond acceptors (Lipinski definition) is 3. The summed E-state index contributed by atoms with van der Waals surface area (Å²) >= 11 is 0. The van der Waals surface area contributed by atoms with Crippen molar-refractivity contribution in [2.45, 2.75) is 33.2 Å². The molecule has 94 valence electrons. The van der Waals surface area contributed by atoms with Crippen LogP contribution in [0.3, 0.4) is 0 Å². The van der Waals surface area contributed by atoms with Crippen LogP contribution >= 0.6 is 0 Å². The van der Waals surface area contributed by atoms with Crippen LogP contribution in [-0.2, 0) is 11.3 Å². The fraction of sp³-hybridized carbons (Fsp3) is 0.571. The Hall–Kier alpha value is -1.22. The molecule has 0 aliphatic carbocycles. The molecule has 0 saturated heterocycles. The van der Waals surface area contributed by atoms with E-state index in [0.717, 1.165) is 37.9 Å². The first-order chi connectivity index (χ1) is 8.15. The Balaban J connectivity index is 2.59. The summed E-state index contributed by atoms with van der Waals surface area (Å²) in [5.74, 6) is 0. The van der Waals surface area contributed by atoms with Gasteiger partial charge < -0.3 is 4.79 Å². The van der Waals surface area contributed by atoms with Gasteiger partial charge in [-0.25, -0.2) is 0 Å². The van der Waals surface area contributed by atoms with Gasteiger partial charge in [0.2, 0.25) is 0 Å². The van der Waals surface area contributed by atoms with Crippen molar-refractivity contribution in [3.63, 3.8) is 0 Å². The Kier molecular flexibility index (Phi) is 5.29. The summed E-state index contributed by atoms with van der Waals surface area (Å²) in [6.45, 7) is 5.73. The van der Waals surface area contributed by atoms with Crippen molar-refractivity contribution in [3.8, 4) is 0 Å². The molecule has 0 unspecified atom stereocenters. The summed E-state index contributed by atoms with van der Waals surface area (Å²) in [6.07, 6.45) is 4.69. The lowest BCUT2D eigenvalue weighted by Gasteiger charge is -2.30. The number of pyridine rings is 1. The van der Waals surface area contributed by atoms with Gasteiger partial charge in [0.15, 0.2) is 0 Å². The third kappa shape index (κ3) is 3.93. The summed E-state index contributed by atoms with van der Waals surface area (Å²) < 4.78 is 0. The van der Waals surface area contributed by atoms with Crippen molar-refractivity contribution in [3.05, 3.63) is 30.1 Å². The van der Waals surface area contributed by atoms with Gasteiger partial charge in [0.25, 0.3) is 0 Å². The molecule has 3 heteroatoms. The minimum atomic E-state index is -0.205. The fourth-order valence-electron chi connectivity index (χ4n) is 2.04. The van der Waals surface area contributed by atoms with E-state index in [1.165, 1.54) is 0 Å². The summed E-state index contributed by atoms with van der Waals surface area (Å²) in [5.41, 5.74) is 0.839. The maximum atomic E-state index is 11.2. The molecule has 0 spiro atoms. The summed E-state index contributed by atoms with van der Waals surface area (Å²) in [6, 6.07) is 5.91. The number of nitrogens with zero attached hydrogens (tertiary/aromatic N) is 2. The lowest BCUT2D eigenvalue weighted by Crippen LogP contribution is -2.36. The zero-order valence-electron chi connectivity index (χ0n) is 11.0. The van der Waals surface area contributed by atoms with Gasteiger partial charge in [0.05, 0.1) is 5.69 Å². The quantitative estimate of drug-likeness (QED) is 0.680. The molecule has 0 bridgehead atoms. The average molecular weight is 234 g/mol. The van der Waals surface area contributed by atoms with Crippen molar-refractivity contribution < 1.29 is 4.79 Å². The molecule has 1 aromatic rings. The lowest BCUT2D eigenvalue weighted by atomic mass is 9.83. The van der Waals surface area contributed by atoms with E-state index in [0.29, 0.717) is 0 Å². The molecule has 0 saturated carbocycles. The zero-order valence-corrected chi connectivity index (χ0v) is 11.0. The highest BCUT2D eigenvalue weighted by molar-refractivity contribution is 5.59. The number of aldehydes is 1. The van der Waals surface area contributed by atoms with Crippen LogP contribution < -0.4 is 0 Å². The topological polar surface area (TPSA) is 33.2 Å². The molecule has 0 fully saturated rings. The van der Waals surface area contributed by atoms with E-state index in [-0.39, 0.29) is 5.41 Å². The number of aromatic nitrogens is 1. The number of rotatable bonds is 7. The van der Waals surface area contributed by atoms with Crippen LogP contribution in [-0.4, -0.2) is 29.8 Å². The van der Waals surface area contributed by atoms with E-state index in [4.69, 9.17) is 0 Å². The summed E-state index contributed by atoms with van der Waals surface area (Å²) in [7, 11) is 2.04. The standard InChI is InChI=1S/C14H22N2O/c1-4-14(5-2,12-17)11-16(3)10-13-8-6-7-9-15-13/h6-9,12H,4-5,10-11H2,1-3H3. The first kappa shape index (κ1) is 13.8. The minimum absolute atomic E-state index is 0.205. The smallest absolute Gasteiger partial charge is 0.127 e. The van der Waals surface area contributed by atoms with Gasteiger partial charge in [-0.1, -0.05) is 19.9 Å².